The zero-order valence-electron chi connectivity index (χ0n) is 14.6. The standard InChI is InChI=1S/C18H19ClN2O4S/c1-21(2)26(23,24)17-12-13(8-10-16(17)25-3)9-11-18(22)20-15-7-5-4-6-14(15)19/h4-12H,1-3H3,(H,20,22)/b11-9+. The first-order valence-corrected chi connectivity index (χ1v) is 9.41. The first-order chi connectivity index (χ1) is 12.3. The Morgan fingerprint density at radius 3 is 2.50 bits per heavy atom. The molecule has 0 aliphatic carbocycles. The van der Waals surface area contributed by atoms with Gasteiger partial charge < -0.3 is 10.1 Å². The molecular formula is C18H19ClN2O4S. The molecule has 6 nitrogen and oxygen atoms in total. The van der Waals surface area contributed by atoms with Crippen molar-refractivity contribution in [1.82, 2.24) is 4.31 Å². The van der Waals surface area contributed by atoms with Crippen LogP contribution in [0.1, 0.15) is 5.56 Å². The third kappa shape index (κ3) is 4.63. The van der Waals surface area contributed by atoms with Crippen LogP contribution in [0.25, 0.3) is 6.08 Å². The lowest BCUT2D eigenvalue weighted by Gasteiger charge is -2.15. The van der Waals surface area contributed by atoms with E-state index in [1.165, 1.54) is 39.4 Å². The number of rotatable bonds is 6. The molecule has 0 radical (unpaired) electrons. The Morgan fingerprint density at radius 2 is 1.88 bits per heavy atom. The number of halogens is 1. The molecule has 26 heavy (non-hydrogen) atoms. The van der Waals surface area contributed by atoms with Crippen molar-refractivity contribution >= 4 is 39.3 Å². The Labute approximate surface area is 158 Å². The largest absolute Gasteiger partial charge is 0.495 e. The molecule has 0 aliphatic heterocycles. The Kier molecular flexibility index (Phi) is 6.42. The molecular weight excluding hydrogens is 376 g/mol. The summed E-state index contributed by atoms with van der Waals surface area (Å²) in [5.41, 5.74) is 1.04. The number of sulfonamides is 1. The summed E-state index contributed by atoms with van der Waals surface area (Å²) in [6.07, 6.45) is 2.82. The summed E-state index contributed by atoms with van der Waals surface area (Å²) in [5, 5.41) is 3.09. The van der Waals surface area contributed by atoms with E-state index < -0.39 is 10.0 Å². The molecule has 0 saturated heterocycles. The highest BCUT2D eigenvalue weighted by Gasteiger charge is 2.22. The van der Waals surface area contributed by atoms with E-state index in [1.54, 1.807) is 36.4 Å². The number of benzene rings is 2. The molecule has 2 aromatic carbocycles. The van der Waals surface area contributed by atoms with Crippen molar-refractivity contribution in [2.24, 2.45) is 0 Å². The minimum Gasteiger partial charge on any atom is -0.495 e. The van der Waals surface area contributed by atoms with Crippen molar-refractivity contribution in [1.29, 1.82) is 0 Å². The molecule has 1 N–H and O–H groups in total. The van der Waals surface area contributed by atoms with Crippen molar-refractivity contribution in [2.45, 2.75) is 4.90 Å². The lowest BCUT2D eigenvalue weighted by atomic mass is 10.2. The maximum atomic E-state index is 12.4. The van der Waals surface area contributed by atoms with Gasteiger partial charge >= 0.3 is 0 Å². The Bertz CT molecular complexity index is 940. The van der Waals surface area contributed by atoms with Gasteiger partial charge in [-0.15, -0.1) is 0 Å². The van der Waals surface area contributed by atoms with E-state index in [-0.39, 0.29) is 16.6 Å². The molecule has 0 unspecified atom stereocenters. The highest BCUT2D eigenvalue weighted by Crippen LogP contribution is 2.27. The number of hydrogen-bond acceptors (Lipinski definition) is 4. The molecule has 0 aromatic heterocycles. The van der Waals surface area contributed by atoms with Crippen LogP contribution in [-0.4, -0.2) is 39.8 Å². The molecule has 1 amide bonds. The Morgan fingerprint density at radius 1 is 1.19 bits per heavy atom. The zero-order valence-corrected chi connectivity index (χ0v) is 16.1. The average molecular weight is 395 g/mol. The topological polar surface area (TPSA) is 75.7 Å². The number of nitrogens with zero attached hydrogens (tertiary/aromatic N) is 1. The molecule has 0 atom stereocenters. The van der Waals surface area contributed by atoms with Gasteiger partial charge in [0, 0.05) is 20.2 Å². The van der Waals surface area contributed by atoms with Gasteiger partial charge in [0.25, 0.3) is 0 Å². The van der Waals surface area contributed by atoms with Gasteiger partial charge in [0.05, 0.1) is 17.8 Å². The first-order valence-electron chi connectivity index (χ1n) is 7.60. The second-order valence-electron chi connectivity index (χ2n) is 5.50. The lowest BCUT2D eigenvalue weighted by Crippen LogP contribution is -2.22. The maximum absolute atomic E-state index is 12.4. The van der Waals surface area contributed by atoms with Crippen LogP contribution < -0.4 is 10.1 Å². The number of nitrogens with one attached hydrogen (secondary N) is 1. The number of ether oxygens (including phenoxy) is 1. The van der Waals surface area contributed by atoms with Crippen molar-refractivity contribution in [3.8, 4) is 5.75 Å². The van der Waals surface area contributed by atoms with Crippen LogP contribution in [0.5, 0.6) is 5.75 Å². The Hall–Kier alpha value is -2.35. The second-order valence-corrected chi connectivity index (χ2v) is 8.03. The van der Waals surface area contributed by atoms with Gasteiger partial charge in [0.1, 0.15) is 10.6 Å². The van der Waals surface area contributed by atoms with E-state index in [0.29, 0.717) is 16.3 Å². The number of carbonyl (C=O) groups is 1. The van der Waals surface area contributed by atoms with Crippen LogP contribution in [0.15, 0.2) is 53.4 Å². The molecule has 2 aromatic rings. The smallest absolute Gasteiger partial charge is 0.248 e. The summed E-state index contributed by atoms with van der Waals surface area (Å²) in [6, 6.07) is 11.5. The number of carbonyl (C=O) groups excluding carboxylic acids is 1. The summed E-state index contributed by atoms with van der Waals surface area (Å²) in [4.78, 5) is 12.1. The van der Waals surface area contributed by atoms with E-state index in [1.807, 2.05) is 0 Å². The van der Waals surface area contributed by atoms with Crippen LogP contribution in [0, 0.1) is 0 Å². The predicted molar refractivity (Wildman–Crippen MR) is 103 cm³/mol. The van der Waals surface area contributed by atoms with Gasteiger partial charge in [0.15, 0.2) is 0 Å². The van der Waals surface area contributed by atoms with Crippen LogP contribution >= 0.6 is 11.6 Å². The normalized spacial score (nSPS) is 11.7. The van der Waals surface area contributed by atoms with E-state index in [9.17, 15) is 13.2 Å². The minimum absolute atomic E-state index is 0.0265. The molecule has 0 heterocycles. The van der Waals surface area contributed by atoms with E-state index in [0.717, 1.165) is 4.31 Å². The number of para-hydroxylation sites is 1. The number of methoxy groups -OCH3 is 1. The van der Waals surface area contributed by atoms with E-state index in [2.05, 4.69) is 5.32 Å². The molecule has 0 saturated carbocycles. The Balaban J connectivity index is 2.25. The number of anilines is 1. The van der Waals surface area contributed by atoms with Crippen LogP contribution in [0.2, 0.25) is 5.02 Å². The fourth-order valence-corrected chi connectivity index (χ4v) is 3.37. The molecule has 0 aliphatic rings. The summed E-state index contributed by atoms with van der Waals surface area (Å²) < 4.78 is 31.0. The molecule has 0 bridgehead atoms. The number of hydrogen-bond donors (Lipinski definition) is 1. The first kappa shape index (κ1) is 20.0. The van der Waals surface area contributed by atoms with Gasteiger partial charge in [-0.05, 0) is 35.9 Å². The van der Waals surface area contributed by atoms with Crippen molar-refractivity contribution < 1.29 is 17.9 Å². The molecule has 8 heteroatoms. The molecule has 0 fully saturated rings. The minimum atomic E-state index is -3.68. The average Bonchev–Trinajstić information content (AvgIpc) is 2.61. The monoisotopic (exact) mass is 394 g/mol. The summed E-state index contributed by atoms with van der Waals surface area (Å²) >= 11 is 6.00. The van der Waals surface area contributed by atoms with Crippen molar-refractivity contribution in [2.75, 3.05) is 26.5 Å². The van der Waals surface area contributed by atoms with Gasteiger partial charge in [-0.1, -0.05) is 29.8 Å². The fraction of sp³-hybridized carbons (Fsp3) is 0.167. The highest BCUT2D eigenvalue weighted by molar-refractivity contribution is 7.89. The highest BCUT2D eigenvalue weighted by atomic mass is 35.5. The van der Waals surface area contributed by atoms with Gasteiger partial charge in [-0.2, -0.15) is 0 Å². The maximum Gasteiger partial charge on any atom is 0.248 e. The molecule has 0 spiro atoms. The molecule has 138 valence electrons. The predicted octanol–water partition coefficient (Wildman–Crippen LogP) is 3.25. The fourth-order valence-electron chi connectivity index (χ4n) is 2.10. The van der Waals surface area contributed by atoms with Gasteiger partial charge in [-0.25, -0.2) is 12.7 Å². The van der Waals surface area contributed by atoms with Gasteiger partial charge in [0.2, 0.25) is 15.9 Å². The quantitative estimate of drug-likeness (QED) is 0.763. The summed E-state index contributed by atoms with van der Waals surface area (Å²) in [5.74, 6) is -0.151. The van der Waals surface area contributed by atoms with Crippen molar-refractivity contribution in [3.05, 3.63) is 59.1 Å². The van der Waals surface area contributed by atoms with E-state index in [4.69, 9.17) is 16.3 Å². The molecule has 2 rings (SSSR count). The summed E-state index contributed by atoms with van der Waals surface area (Å²) in [6.45, 7) is 0. The van der Waals surface area contributed by atoms with Crippen LogP contribution in [-0.2, 0) is 14.8 Å². The third-order valence-electron chi connectivity index (χ3n) is 3.51. The SMILES string of the molecule is COc1ccc(/C=C/C(=O)Nc2ccccc2Cl)cc1S(=O)(=O)N(C)C. The van der Waals surface area contributed by atoms with Crippen LogP contribution in [0.4, 0.5) is 5.69 Å². The second kappa shape index (κ2) is 8.35. The summed E-state index contributed by atoms with van der Waals surface area (Å²) in [7, 11) is 0.599. The van der Waals surface area contributed by atoms with Crippen LogP contribution in [0.3, 0.4) is 0 Å². The lowest BCUT2D eigenvalue weighted by molar-refractivity contribution is -0.111. The third-order valence-corrected chi connectivity index (χ3v) is 5.67. The van der Waals surface area contributed by atoms with Gasteiger partial charge in [-0.3, -0.25) is 4.79 Å². The zero-order chi connectivity index (χ0) is 19.3. The van der Waals surface area contributed by atoms with Crippen molar-refractivity contribution in [3.63, 3.8) is 0 Å². The number of amides is 1. The van der Waals surface area contributed by atoms with E-state index >= 15 is 0 Å².